The SMILES string of the molecule is CCN(CC)S(=O)(=O)c1cc(C(=O)NCCc2ccccc2C(F)(F)F)ccc1Cl. The number of carbonyl (C=O) groups is 1. The third kappa shape index (κ3) is 5.53. The van der Waals surface area contributed by atoms with Crippen LogP contribution in [0.15, 0.2) is 47.4 Å². The zero-order valence-corrected chi connectivity index (χ0v) is 18.0. The molecule has 0 aliphatic carbocycles. The second-order valence-corrected chi connectivity index (χ2v) is 8.71. The topological polar surface area (TPSA) is 66.5 Å². The smallest absolute Gasteiger partial charge is 0.352 e. The number of sulfonamides is 1. The van der Waals surface area contributed by atoms with Crippen molar-refractivity contribution in [2.45, 2.75) is 31.3 Å². The Balaban J connectivity index is 2.16. The molecule has 5 nitrogen and oxygen atoms in total. The van der Waals surface area contributed by atoms with Gasteiger partial charge in [-0.3, -0.25) is 4.79 Å². The number of hydrogen-bond acceptors (Lipinski definition) is 3. The summed E-state index contributed by atoms with van der Waals surface area (Å²) in [6, 6.07) is 8.99. The molecule has 0 fully saturated rings. The highest BCUT2D eigenvalue weighted by molar-refractivity contribution is 7.89. The summed E-state index contributed by atoms with van der Waals surface area (Å²) in [6.45, 7) is 3.80. The van der Waals surface area contributed by atoms with Crippen molar-refractivity contribution in [3.63, 3.8) is 0 Å². The fourth-order valence-corrected chi connectivity index (χ4v) is 4.93. The zero-order valence-electron chi connectivity index (χ0n) is 16.5. The summed E-state index contributed by atoms with van der Waals surface area (Å²) >= 11 is 6.04. The first-order valence-electron chi connectivity index (χ1n) is 9.25. The largest absolute Gasteiger partial charge is 0.416 e. The molecule has 1 N–H and O–H groups in total. The maximum absolute atomic E-state index is 13.1. The maximum Gasteiger partial charge on any atom is 0.416 e. The average molecular weight is 463 g/mol. The van der Waals surface area contributed by atoms with E-state index in [1.807, 2.05) is 0 Å². The first-order valence-corrected chi connectivity index (χ1v) is 11.1. The Morgan fingerprint density at radius 2 is 1.73 bits per heavy atom. The zero-order chi connectivity index (χ0) is 22.5. The summed E-state index contributed by atoms with van der Waals surface area (Å²) in [7, 11) is -3.88. The maximum atomic E-state index is 13.1. The molecular formula is C20H22ClF3N2O3S. The molecule has 1 amide bonds. The molecule has 10 heteroatoms. The lowest BCUT2D eigenvalue weighted by Crippen LogP contribution is -2.31. The number of nitrogens with zero attached hydrogens (tertiary/aromatic N) is 1. The molecule has 0 saturated carbocycles. The number of nitrogens with one attached hydrogen (secondary N) is 1. The van der Waals surface area contributed by atoms with Crippen LogP contribution in [0.2, 0.25) is 5.02 Å². The standard InChI is InChI=1S/C20H22ClF3N2O3S/c1-3-26(4-2)30(28,29)18-13-15(9-10-17(18)21)19(27)25-12-11-14-7-5-6-8-16(14)20(22,23)24/h5-10,13H,3-4,11-12H2,1-2H3,(H,25,27). The Morgan fingerprint density at radius 3 is 2.33 bits per heavy atom. The highest BCUT2D eigenvalue weighted by Gasteiger charge is 2.32. The Labute approximate surface area is 178 Å². The lowest BCUT2D eigenvalue weighted by Gasteiger charge is -2.19. The van der Waals surface area contributed by atoms with Gasteiger partial charge in [-0.2, -0.15) is 17.5 Å². The quantitative estimate of drug-likeness (QED) is 0.633. The lowest BCUT2D eigenvalue weighted by atomic mass is 10.0. The van der Waals surface area contributed by atoms with Gasteiger partial charge in [0, 0.05) is 25.2 Å². The van der Waals surface area contributed by atoms with Crippen LogP contribution in [-0.4, -0.2) is 38.3 Å². The normalized spacial score (nSPS) is 12.2. The predicted molar refractivity (Wildman–Crippen MR) is 109 cm³/mol. The van der Waals surface area contributed by atoms with Crippen molar-refractivity contribution in [1.29, 1.82) is 0 Å². The van der Waals surface area contributed by atoms with E-state index >= 15 is 0 Å². The van der Waals surface area contributed by atoms with Crippen LogP contribution in [0.3, 0.4) is 0 Å². The fraction of sp³-hybridized carbons (Fsp3) is 0.350. The van der Waals surface area contributed by atoms with Gasteiger partial charge in [-0.15, -0.1) is 0 Å². The summed E-state index contributed by atoms with van der Waals surface area (Å²) in [4.78, 5) is 12.2. The molecule has 2 aromatic rings. The van der Waals surface area contributed by atoms with Crippen LogP contribution in [0.1, 0.15) is 35.3 Å². The van der Waals surface area contributed by atoms with Crippen molar-refractivity contribution in [3.05, 3.63) is 64.2 Å². The summed E-state index contributed by atoms with van der Waals surface area (Å²) in [6.07, 6.45) is -4.51. The number of hydrogen-bond donors (Lipinski definition) is 1. The Kier molecular flexibility index (Phi) is 7.90. The van der Waals surface area contributed by atoms with E-state index < -0.39 is 27.7 Å². The van der Waals surface area contributed by atoms with Crippen molar-refractivity contribution in [1.82, 2.24) is 9.62 Å². The van der Waals surface area contributed by atoms with Gasteiger partial charge in [0.25, 0.3) is 5.91 Å². The van der Waals surface area contributed by atoms with Gasteiger partial charge in [0.2, 0.25) is 10.0 Å². The van der Waals surface area contributed by atoms with Gasteiger partial charge >= 0.3 is 6.18 Å². The van der Waals surface area contributed by atoms with Crippen LogP contribution < -0.4 is 5.32 Å². The molecule has 0 bridgehead atoms. The van der Waals surface area contributed by atoms with Gasteiger partial charge in [0.05, 0.1) is 10.6 Å². The van der Waals surface area contributed by atoms with Crippen molar-refractivity contribution >= 4 is 27.5 Å². The fourth-order valence-electron chi connectivity index (χ4n) is 2.97. The second-order valence-electron chi connectivity index (χ2n) is 6.40. The van der Waals surface area contributed by atoms with Crippen molar-refractivity contribution in [3.8, 4) is 0 Å². The number of benzene rings is 2. The number of halogens is 4. The molecule has 0 saturated heterocycles. The third-order valence-corrected chi connectivity index (χ3v) is 7.05. The molecule has 0 unspecified atom stereocenters. The van der Waals surface area contributed by atoms with Gasteiger partial charge in [0.15, 0.2) is 0 Å². The molecule has 0 aliphatic heterocycles. The first kappa shape index (κ1) is 24.2. The molecule has 2 aromatic carbocycles. The van der Waals surface area contributed by atoms with E-state index in [1.165, 1.54) is 40.7 Å². The van der Waals surface area contributed by atoms with Crippen LogP contribution in [0.4, 0.5) is 13.2 Å². The van der Waals surface area contributed by atoms with E-state index in [1.54, 1.807) is 13.8 Å². The Hall–Kier alpha value is -2.10. The number of carbonyl (C=O) groups excluding carboxylic acids is 1. The minimum Gasteiger partial charge on any atom is -0.352 e. The van der Waals surface area contributed by atoms with Gasteiger partial charge in [-0.05, 0) is 36.2 Å². The van der Waals surface area contributed by atoms with E-state index in [-0.39, 0.29) is 47.1 Å². The van der Waals surface area contributed by atoms with Crippen LogP contribution >= 0.6 is 11.6 Å². The van der Waals surface area contributed by atoms with E-state index in [9.17, 15) is 26.4 Å². The monoisotopic (exact) mass is 462 g/mol. The summed E-state index contributed by atoms with van der Waals surface area (Å²) < 4.78 is 65.8. The summed E-state index contributed by atoms with van der Waals surface area (Å²) in [5.41, 5.74) is -0.640. The highest BCUT2D eigenvalue weighted by Crippen LogP contribution is 2.32. The molecule has 0 atom stereocenters. The van der Waals surface area contributed by atoms with E-state index in [0.29, 0.717) is 0 Å². The molecule has 2 rings (SSSR count). The van der Waals surface area contributed by atoms with Crippen molar-refractivity contribution in [2.75, 3.05) is 19.6 Å². The van der Waals surface area contributed by atoms with Gasteiger partial charge in [-0.25, -0.2) is 8.42 Å². The molecular weight excluding hydrogens is 441 g/mol. The van der Waals surface area contributed by atoms with Gasteiger partial charge in [0.1, 0.15) is 4.90 Å². The van der Waals surface area contributed by atoms with Crippen molar-refractivity contribution in [2.24, 2.45) is 0 Å². The van der Waals surface area contributed by atoms with Gasteiger partial charge < -0.3 is 5.32 Å². The van der Waals surface area contributed by atoms with E-state index in [2.05, 4.69) is 5.32 Å². The van der Waals surface area contributed by atoms with Crippen LogP contribution in [0, 0.1) is 0 Å². The number of amides is 1. The lowest BCUT2D eigenvalue weighted by molar-refractivity contribution is -0.138. The highest BCUT2D eigenvalue weighted by atomic mass is 35.5. The molecule has 0 radical (unpaired) electrons. The predicted octanol–water partition coefficient (Wildman–Crippen LogP) is 4.36. The minimum atomic E-state index is -4.48. The molecule has 0 aliphatic rings. The van der Waals surface area contributed by atoms with E-state index in [0.717, 1.165) is 6.07 Å². The molecule has 0 spiro atoms. The average Bonchev–Trinajstić information content (AvgIpc) is 2.68. The van der Waals surface area contributed by atoms with Crippen LogP contribution in [-0.2, 0) is 22.6 Å². The minimum absolute atomic E-state index is 0.0162. The van der Waals surface area contributed by atoms with Crippen molar-refractivity contribution < 1.29 is 26.4 Å². The molecule has 0 heterocycles. The summed E-state index contributed by atoms with van der Waals surface area (Å²) in [5, 5.41) is 2.51. The third-order valence-electron chi connectivity index (χ3n) is 4.52. The second kappa shape index (κ2) is 9.80. The van der Waals surface area contributed by atoms with Gasteiger partial charge in [-0.1, -0.05) is 43.6 Å². The number of rotatable bonds is 8. The van der Waals surface area contributed by atoms with Crippen LogP contribution in [0.5, 0.6) is 0 Å². The molecule has 0 aromatic heterocycles. The summed E-state index contributed by atoms with van der Waals surface area (Å²) in [5.74, 6) is -0.604. The molecule has 164 valence electrons. The number of alkyl halides is 3. The van der Waals surface area contributed by atoms with Crippen LogP contribution in [0.25, 0.3) is 0 Å². The Bertz CT molecular complexity index is 1010. The first-order chi connectivity index (χ1) is 14.0. The Morgan fingerprint density at radius 1 is 1.10 bits per heavy atom. The van der Waals surface area contributed by atoms with E-state index in [4.69, 9.17) is 11.6 Å². The molecule has 30 heavy (non-hydrogen) atoms.